The molecule has 0 atom stereocenters. The lowest BCUT2D eigenvalue weighted by atomic mass is 10.1. The van der Waals surface area contributed by atoms with Crippen molar-refractivity contribution in [2.24, 2.45) is 0 Å². The van der Waals surface area contributed by atoms with Gasteiger partial charge in [0.05, 0.1) is 6.42 Å². The number of hydrogen-bond donors (Lipinski definition) is 2. The van der Waals surface area contributed by atoms with Gasteiger partial charge < -0.3 is 24.6 Å². The molecule has 0 saturated carbocycles. The molecule has 0 aliphatic carbocycles. The second-order valence-corrected chi connectivity index (χ2v) is 8.44. The van der Waals surface area contributed by atoms with Crippen molar-refractivity contribution in [3.8, 4) is 5.75 Å². The normalized spacial score (nSPS) is 10.9. The first-order chi connectivity index (χ1) is 16.2. The van der Waals surface area contributed by atoms with E-state index >= 15 is 0 Å². The number of nitrogens with one attached hydrogen (secondary N) is 1. The van der Waals surface area contributed by atoms with Crippen molar-refractivity contribution in [1.29, 1.82) is 0 Å². The summed E-state index contributed by atoms with van der Waals surface area (Å²) in [6, 6.07) is 14.2. The molecule has 0 heterocycles. The van der Waals surface area contributed by atoms with Crippen LogP contribution in [0, 0.1) is 0 Å². The zero-order valence-corrected chi connectivity index (χ0v) is 20.1. The molecular formula is C25H30ClNO7. The summed E-state index contributed by atoms with van der Waals surface area (Å²) in [6.07, 6.45) is 2.42. The lowest BCUT2D eigenvalue weighted by Gasteiger charge is -2.24. The van der Waals surface area contributed by atoms with Crippen LogP contribution < -0.4 is 10.1 Å². The Balaban J connectivity index is 1.69. The van der Waals surface area contributed by atoms with E-state index in [1.54, 1.807) is 50.2 Å². The number of aryl methyl sites for hydroxylation is 1. The topological polar surface area (TPSA) is 111 Å². The molecule has 0 saturated heterocycles. The quantitative estimate of drug-likeness (QED) is 0.250. The molecule has 2 N–H and O–H groups in total. The van der Waals surface area contributed by atoms with Gasteiger partial charge in [-0.15, -0.1) is 0 Å². The number of unbranched alkanes of at least 4 members (excludes halogenated alkanes) is 1. The SMILES string of the molecule is CC(C)(Oc1ccc(CCCCNC(=O)c2ccc(Cl)cc2)cc1)C(=O)OCCC(=O)OCO. The van der Waals surface area contributed by atoms with Gasteiger partial charge in [-0.3, -0.25) is 9.59 Å². The first-order valence-corrected chi connectivity index (χ1v) is 11.3. The summed E-state index contributed by atoms with van der Waals surface area (Å²) in [5.74, 6) is -0.882. The maximum atomic E-state index is 12.2. The number of esters is 2. The highest BCUT2D eigenvalue weighted by molar-refractivity contribution is 6.30. The number of carbonyl (C=O) groups is 3. The van der Waals surface area contributed by atoms with Gasteiger partial charge in [0, 0.05) is 17.1 Å². The average Bonchev–Trinajstić information content (AvgIpc) is 2.80. The van der Waals surface area contributed by atoms with E-state index in [1.807, 2.05) is 12.1 Å². The molecule has 1 amide bonds. The highest BCUT2D eigenvalue weighted by Crippen LogP contribution is 2.21. The largest absolute Gasteiger partial charge is 0.476 e. The number of aliphatic hydroxyl groups is 1. The molecule has 2 rings (SSSR count). The average molecular weight is 492 g/mol. The van der Waals surface area contributed by atoms with Crippen molar-refractivity contribution < 1.29 is 33.7 Å². The van der Waals surface area contributed by atoms with Crippen LogP contribution in [0.4, 0.5) is 0 Å². The van der Waals surface area contributed by atoms with Gasteiger partial charge in [-0.05, 0) is 75.1 Å². The van der Waals surface area contributed by atoms with Crippen LogP contribution in [0.15, 0.2) is 48.5 Å². The second kappa shape index (κ2) is 13.6. The lowest BCUT2D eigenvalue weighted by Crippen LogP contribution is -2.40. The first-order valence-electron chi connectivity index (χ1n) is 11.0. The van der Waals surface area contributed by atoms with E-state index in [9.17, 15) is 14.4 Å². The molecule has 0 spiro atoms. The van der Waals surface area contributed by atoms with E-state index < -0.39 is 24.3 Å². The van der Waals surface area contributed by atoms with Crippen molar-refractivity contribution in [3.63, 3.8) is 0 Å². The van der Waals surface area contributed by atoms with Crippen molar-refractivity contribution in [3.05, 3.63) is 64.7 Å². The Morgan fingerprint density at radius 3 is 2.29 bits per heavy atom. The molecule has 0 bridgehead atoms. The van der Waals surface area contributed by atoms with Crippen LogP contribution in [0.2, 0.25) is 5.02 Å². The molecule has 9 heteroatoms. The summed E-state index contributed by atoms with van der Waals surface area (Å²) in [7, 11) is 0. The Hall–Kier alpha value is -3.10. The molecule has 2 aromatic rings. The number of benzene rings is 2. The van der Waals surface area contributed by atoms with Crippen LogP contribution in [-0.2, 0) is 25.5 Å². The van der Waals surface area contributed by atoms with E-state index in [0.29, 0.717) is 22.9 Å². The van der Waals surface area contributed by atoms with Crippen LogP contribution in [0.25, 0.3) is 0 Å². The number of halogens is 1. The molecule has 2 aromatic carbocycles. The Morgan fingerprint density at radius 1 is 0.971 bits per heavy atom. The zero-order valence-electron chi connectivity index (χ0n) is 19.3. The molecule has 0 aliphatic rings. The summed E-state index contributed by atoms with van der Waals surface area (Å²) in [5, 5.41) is 12.0. The van der Waals surface area contributed by atoms with Crippen LogP contribution in [0.3, 0.4) is 0 Å². The van der Waals surface area contributed by atoms with Gasteiger partial charge in [-0.2, -0.15) is 0 Å². The van der Waals surface area contributed by atoms with Gasteiger partial charge in [0.15, 0.2) is 12.4 Å². The predicted molar refractivity (Wildman–Crippen MR) is 127 cm³/mol. The fraction of sp³-hybridized carbons (Fsp3) is 0.400. The Kier molecular flexibility index (Phi) is 10.8. The van der Waals surface area contributed by atoms with E-state index in [4.69, 9.17) is 26.2 Å². The zero-order chi connectivity index (χ0) is 25.0. The smallest absolute Gasteiger partial charge is 0.349 e. The number of hydrogen-bond acceptors (Lipinski definition) is 7. The minimum absolute atomic E-state index is 0.121. The molecule has 0 radical (unpaired) electrons. The minimum Gasteiger partial charge on any atom is -0.476 e. The summed E-state index contributed by atoms with van der Waals surface area (Å²) >= 11 is 5.83. The Bertz CT molecular complexity index is 943. The number of rotatable bonds is 13. The third-order valence-corrected chi connectivity index (χ3v) is 5.09. The summed E-state index contributed by atoms with van der Waals surface area (Å²) in [6.45, 7) is 2.86. The number of ether oxygens (including phenoxy) is 3. The van der Waals surface area contributed by atoms with E-state index in [0.717, 1.165) is 24.8 Å². The van der Waals surface area contributed by atoms with E-state index in [-0.39, 0.29) is 18.9 Å². The predicted octanol–water partition coefficient (Wildman–Crippen LogP) is 3.68. The summed E-state index contributed by atoms with van der Waals surface area (Å²) in [4.78, 5) is 35.5. The maximum Gasteiger partial charge on any atom is 0.349 e. The van der Waals surface area contributed by atoms with Gasteiger partial charge in [0.1, 0.15) is 12.4 Å². The number of carbonyl (C=O) groups excluding carboxylic acids is 3. The number of aliphatic hydroxyl groups excluding tert-OH is 1. The minimum atomic E-state index is -1.25. The maximum absolute atomic E-state index is 12.2. The fourth-order valence-electron chi connectivity index (χ4n) is 2.96. The highest BCUT2D eigenvalue weighted by atomic mass is 35.5. The standard InChI is InChI=1S/C25H30ClNO7/c1-25(2,24(31)32-16-14-22(29)33-17-28)34-21-12-6-18(7-13-21)5-3-4-15-27-23(30)19-8-10-20(26)11-9-19/h6-13,28H,3-5,14-17H2,1-2H3,(H,27,30). The first kappa shape index (κ1) is 27.1. The third-order valence-electron chi connectivity index (χ3n) is 4.84. The molecule has 8 nitrogen and oxygen atoms in total. The van der Waals surface area contributed by atoms with Gasteiger partial charge in [-0.1, -0.05) is 23.7 Å². The van der Waals surface area contributed by atoms with Crippen LogP contribution in [0.1, 0.15) is 49.0 Å². The molecule has 0 aliphatic heterocycles. The van der Waals surface area contributed by atoms with Gasteiger partial charge in [0.2, 0.25) is 0 Å². The summed E-state index contributed by atoms with van der Waals surface area (Å²) in [5.41, 5.74) is 0.445. The Morgan fingerprint density at radius 2 is 1.65 bits per heavy atom. The van der Waals surface area contributed by atoms with Crippen LogP contribution in [-0.4, -0.2) is 48.5 Å². The van der Waals surface area contributed by atoms with Crippen molar-refractivity contribution in [1.82, 2.24) is 5.32 Å². The molecular weight excluding hydrogens is 462 g/mol. The number of amides is 1. The molecule has 0 fully saturated rings. The summed E-state index contributed by atoms with van der Waals surface area (Å²) < 4.78 is 15.2. The molecule has 0 unspecified atom stereocenters. The fourth-order valence-corrected chi connectivity index (χ4v) is 3.09. The molecule has 184 valence electrons. The van der Waals surface area contributed by atoms with E-state index in [2.05, 4.69) is 10.1 Å². The second-order valence-electron chi connectivity index (χ2n) is 8.01. The highest BCUT2D eigenvalue weighted by Gasteiger charge is 2.32. The van der Waals surface area contributed by atoms with Gasteiger partial charge >= 0.3 is 11.9 Å². The van der Waals surface area contributed by atoms with Crippen LogP contribution in [0.5, 0.6) is 5.75 Å². The van der Waals surface area contributed by atoms with E-state index in [1.165, 1.54) is 0 Å². The molecule has 34 heavy (non-hydrogen) atoms. The van der Waals surface area contributed by atoms with Crippen molar-refractivity contribution >= 4 is 29.4 Å². The van der Waals surface area contributed by atoms with Gasteiger partial charge in [0.25, 0.3) is 5.91 Å². The van der Waals surface area contributed by atoms with Crippen molar-refractivity contribution in [2.75, 3.05) is 19.9 Å². The molecule has 0 aromatic heterocycles. The lowest BCUT2D eigenvalue weighted by molar-refractivity contribution is -0.162. The van der Waals surface area contributed by atoms with Crippen LogP contribution >= 0.6 is 11.6 Å². The van der Waals surface area contributed by atoms with Gasteiger partial charge in [-0.25, -0.2) is 4.79 Å². The Labute approximate surface area is 204 Å². The van der Waals surface area contributed by atoms with Crippen molar-refractivity contribution in [2.45, 2.75) is 45.1 Å². The third kappa shape index (κ3) is 9.41. The monoisotopic (exact) mass is 491 g/mol.